The highest BCUT2D eigenvalue weighted by molar-refractivity contribution is 5.76. The quantitative estimate of drug-likeness (QED) is 0.780. The van der Waals surface area contributed by atoms with Gasteiger partial charge in [-0.25, -0.2) is 4.39 Å². The van der Waals surface area contributed by atoms with Crippen molar-refractivity contribution >= 4 is 11.7 Å². The van der Waals surface area contributed by atoms with Crippen LogP contribution in [0.5, 0.6) is 0 Å². The fraction of sp³-hybridized carbons (Fsp3) is 0.417. The van der Waals surface area contributed by atoms with Gasteiger partial charge in [-0.15, -0.1) is 0 Å². The van der Waals surface area contributed by atoms with Gasteiger partial charge in [0.15, 0.2) is 0 Å². The molecule has 0 saturated heterocycles. The zero-order valence-electron chi connectivity index (χ0n) is 10.2. The van der Waals surface area contributed by atoms with Crippen LogP contribution in [0, 0.1) is 5.82 Å². The second kappa shape index (κ2) is 6.20. The number of ether oxygens (including phenoxy) is 1. The van der Waals surface area contributed by atoms with Gasteiger partial charge in [0.25, 0.3) is 0 Å². The summed E-state index contributed by atoms with van der Waals surface area (Å²) < 4.78 is 17.4. The highest BCUT2D eigenvalue weighted by Crippen LogP contribution is 2.13. The van der Waals surface area contributed by atoms with Crippen molar-refractivity contribution in [1.29, 1.82) is 0 Å². The number of nitrogens with zero attached hydrogens (tertiary/aromatic N) is 1. The van der Waals surface area contributed by atoms with E-state index >= 15 is 0 Å². The van der Waals surface area contributed by atoms with Gasteiger partial charge < -0.3 is 15.0 Å². The van der Waals surface area contributed by atoms with Gasteiger partial charge in [-0.1, -0.05) is 0 Å². The first kappa shape index (κ1) is 13.4. The number of hydrogen-bond donors (Lipinski definition) is 1. The lowest BCUT2D eigenvalue weighted by Crippen LogP contribution is -2.44. The predicted octanol–water partition coefficient (Wildman–Crippen LogP) is 1.02. The van der Waals surface area contributed by atoms with Gasteiger partial charge in [-0.2, -0.15) is 0 Å². The van der Waals surface area contributed by atoms with E-state index in [9.17, 15) is 9.18 Å². The Labute approximate surface area is 100 Å². The Morgan fingerprint density at radius 3 is 2.53 bits per heavy atom. The van der Waals surface area contributed by atoms with Crippen molar-refractivity contribution in [3.05, 3.63) is 30.1 Å². The average Bonchev–Trinajstić information content (AvgIpc) is 2.35. The molecule has 94 valence electrons. The first-order valence-electron chi connectivity index (χ1n) is 5.30. The number of hydrogen-bond acceptors (Lipinski definition) is 4. The minimum Gasteiger partial charge on any atom is -0.468 e. The van der Waals surface area contributed by atoms with Crippen molar-refractivity contribution in [2.75, 3.05) is 32.6 Å². The Balaban J connectivity index is 2.67. The van der Waals surface area contributed by atoms with Crippen LogP contribution in [0.15, 0.2) is 24.3 Å². The van der Waals surface area contributed by atoms with E-state index < -0.39 is 6.04 Å². The molecule has 1 N–H and O–H groups in total. The molecule has 5 heteroatoms. The van der Waals surface area contributed by atoms with E-state index in [1.165, 1.54) is 19.2 Å². The van der Waals surface area contributed by atoms with E-state index in [0.717, 1.165) is 5.69 Å². The van der Waals surface area contributed by atoms with E-state index in [4.69, 9.17) is 0 Å². The van der Waals surface area contributed by atoms with Gasteiger partial charge in [0.1, 0.15) is 11.9 Å². The summed E-state index contributed by atoms with van der Waals surface area (Å²) in [6.45, 7) is 0.453. The summed E-state index contributed by atoms with van der Waals surface area (Å²) in [6, 6.07) is 5.70. The Bertz CT molecular complexity index is 367. The van der Waals surface area contributed by atoms with Gasteiger partial charge in [0, 0.05) is 19.3 Å². The van der Waals surface area contributed by atoms with Crippen molar-refractivity contribution in [1.82, 2.24) is 5.32 Å². The second-order valence-electron chi connectivity index (χ2n) is 3.72. The number of carbonyl (C=O) groups excluding carboxylic acids is 1. The van der Waals surface area contributed by atoms with Gasteiger partial charge in [-0.05, 0) is 31.3 Å². The van der Waals surface area contributed by atoms with Gasteiger partial charge in [0.2, 0.25) is 0 Å². The topological polar surface area (TPSA) is 41.6 Å². The number of methoxy groups -OCH3 is 1. The molecule has 0 fully saturated rings. The van der Waals surface area contributed by atoms with Gasteiger partial charge in [0.05, 0.1) is 7.11 Å². The third-order valence-corrected chi connectivity index (χ3v) is 2.56. The molecule has 0 bridgehead atoms. The third-order valence-electron chi connectivity index (χ3n) is 2.56. The molecule has 1 atom stereocenters. The van der Waals surface area contributed by atoms with E-state index in [0.29, 0.717) is 6.54 Å². The number of carbonyl (C=O) groups is 1. The van der Waals surface area contributed by atoms with Crippen LogP contribution in [-0.4, -0.2) is 39.8 Å². The lowest BCUT2D eigenvalue weighted by atomic mass is 10.2. The third kappa shape index (κ3) is 3.71. The molecule has 0 saturated carbocycles. The molecule has 0 aliphatic rings. The van der Waals surface area contributed by atoms with E-state index in [-0.39, 0.29) is 11.8 Å². The van der Waals surface area contributed by atoms with E-state index in [2.05, 4.69) is 10.1 Å². The highest BCUT2D eigenvalue weighted by Gasteiger charge is 2.18. The molecule has 0 aliphatic heterocycles. The molecule has 4 nitrogen and oxygen atoms in total. The fourth-order valence-corrected chi connectivity index (χ4v) is 1.50. The zero-order valence-corrected chi connectivity index (χ0v) is 10.2. The summed E-state index contributed by atoms with van der Waals surface area (Å²) in [6.07, 6.45) is 0. The smallest absolute Gasteiger partial charge is 0.324 e. The van der Waals surface area contributed by atoms with Crippen molar-refractivity contribution < 1.29 is 13.9 Å². The maximum atomic E-state index is 12.8. The molecule has 0 amide bonds. The van der Waals surface area contributed by atoms with Crippen molar-refractivity contribution in [3.8, 4) is 0 Å². The van der Waals surface area contributed by atoms with Crippen LogP contribution in [-0.2, 0) is 9.53 Å². The summed E-state index contributed by atoms with van der Waals surface area (Å²) in [5, 5.41) is 2.87. The number of halogens is 1. The predicted molar refractivity (Wildman–Crippen MR) is 64.5 cm³/mol. The Morgan fingerprint density at radius 1 is 1.47 bits per heavy atom. The van der Waals surface area contributed by atoms with Crippen LogP contribution in [0.4, 0.5) is 10.1 Å². The van der Waals surface area contributed by atoms with Crippen LogP contribution in [0.25, 0.3) is 0 Å². The fourth-order valence-electron chi connectivity index (χ4n) is 1.50. The molecule has 0 heterocycles. The maximum Gasteiger partial charge on any atom is 0.324 e. The molecular formula is C12H17FN2O2. The molecule has 1 unspecified atom stereocenters. The van der Waals surface area contributed by atoms with Crippen molar-refractivity contribution in [3.63, 3.8) is 0 Å². The van der Waals surface area contributed by atoms with Crippen LogP contribution < -0.4 is 10.2 Å². The zero-order chi connectivity index (χ0) is 12.8. The van der Waals surface area contributed by atoms with Gasteiger partial charge in [-0.3, -0.25) is 4.79 Å². The highest BCUT2D eigenvalue weighted by atomic mass is 19.1. The van der Waals surface area contributed by atoms with E-state index in [1.807, 2.05) is 11.9 Å². The monoisotopic (exact) mass is 240 g/mol. The first-order valence-corrected chi connectivity index (χ1v) is 5.30. The minimum absolute atomic E-state index is 0.278. The summed E-state index contributed by atoms with van der Waals surface area (Å²) >= 11 is 0. The number of esters is 1. The molecular weight excluding hydrogens is 223 g/mol. The molecule has 17 heavy (non-hydrogen) atoms. The maximum absolute atomic E-state index is 12.8. The molecule has 0 aliphatic carbocycles. The van der Waals surface area contributed by atoms with Crippen LogP contribution in [0.1, 0.15) is 0 Å². The SMILES string of the molecule is CNC(CN(C)c1ccc(F)cc1)C(=O)OC. The van der Waals surface area contributed by atoms with Crippen LogP contribution in [0.2, 0.25) is 0 Å². The Kier molecular flexibility index (Phi) is 4.90. The van der Waals surface area contributed by atoms with Gasteiger partial charge >= 0.3 is 5.97 Å². The molecule has 1 aromatic carbocycles. The second-order valence-corrected chi connectivity index (χ2v) is 3.72. The number of nitrogens with one attached hydrogen (secondary N) is 1. The first-order chi connectivity index (χ1) is 8.08. The minimum atomic E-state index is -0.407. The lowest BCUT2D eigenvalue weighted by molar-refractivity contribution is -0.142. The Hall–Kier alpha value is -1.62. The Morgan fingerprint density at radius 2 is 2.06 bits per heavy atom. The molecule has 1 rings (SSSR count). The van der Waals surface area contributed by atoms with Crippen molar-refractivity contribution in [2.45, 2.75) is 6.04 Å². The molecule has 0 radical (unpaired) electrons. The van der Waals surface area contributed by atoms with Crippen LogP contribution >= 0.6 is 0 Å². The summed E-state index contributed by atoms with van der Waals surface area (Å²) in [4.78, 5) is 13.3. The standard InChI is InChI=1S/C12H17FN2O2/c1-14-11(12(16)17-3)8-15(2)10-6-4-9(13)5-7-10/h4-7,11,14H,8H2,1-3H3. The van der Waals surface area contributed by atoms with E-state index in [1.54, 1.807) is 19.2 Å². The molecule has 1 aromatic rings. The largest absolute Gasteiger partial charge is 0.468 e. The summed E-state index contributed by atoms with van der Waals surface area (Å²) in [5.41, 5.74) is 0.843. The number of likely N-dealkylation sites (N-methyl/N-ethyl adjacent to an activating group) is 2. The van der Waals surface area contributed by atoms with Crippen molar-refractivity contribution in [2.24, 2.45) is 0 Å². The number of anilines is 1. The summed E-state index contributed by atoms with van der Waals surface area (Å²) in [7, 11) is 4.88. The number of rotatable bonds is 5. The average molecular weight is 240 g/mol. The normalized spacial score (nSPS) is 12.0. The van der Waals surface area contributed by atoms with Crippen LogP contribution in [0.3, 0.4) is 0 Å². The molecule has 0 spiro atoms. The molecule has 0 aromatic heterocycles. The number of benzene rings is 1. The lowest BCUT2D eigenvalue weighted by Gasteiger charge is -2.23. The summed E-state index contributed by atoms with van der Waals surface area (Å²) in [5.74, 6) is -0.596.